The maximum absolute atomic E-state index is 12.9. The summed E-state index contributed by atoms with van der Waals surface area (Å²) in [6.07, 6.45) is 1.99. The van der Waals surface area contributed by atoms with E-state index in [0.717, 1.165) is 18.5 Å². The number of ether oxygens (including phenoxy) is 1. The third kappa shape index (κ3) is 5.99. The highest BCUT2D eigenvalue weighted by Gasteiger charge is 2.30. The fraction of sp³-hybridized carbons (Fsp3) is 0.360. The quantitative estimate of drug-likeness (QED) is 0.279. The third-order valence-electron chi connectivity index (χ3n) is 6.14. The van der Waals surface area contributed by atoms with Gasteiger partial charge < -0.3 is 25.8 Å². The van der Waals surface area contributed by atoms with Gasteiger partial charge in [0, 0.05) is 36.8 Å². The Labute approximate surface area is 217 Å². The Balaban J connectivity index is 1.37. The van der Waals surface area contributed by atoms with Gasteiger partial charge in [0.05, 0.1) is 11.3 Å². The highest BCUT2D eigenvalue weighted by molar-refractivity contribution is 6.08. The number of phenols is 1. The summed E-state index contributed by atoms with van der Waals surface area (Å²) in [6, 6.07) is 7.31. The molecule has 13 nitrogen and oxygen atoms in total. The van der Waals surface area contributed by atoms with Crippen LogP contribution in [0.5, 0.6) is 5.75 Å². The van der Waals surface area contributed by atoms with Crippen LogP contribution in [0.4, 0.5) is 16.3 Å². The number of hydrogen-bond donors (Lipinski definition) is 5. The first-order valence-electron chi connectivity index (χ1n) is 12.1. The third-order valence-corrected chi connectivity index (χ3v) is 6.14. The number of phenolic OH excluding ortho intramolecular Hbond substituents is 1. The molecule has 2 heterocycles. The first-order chi connectivity index (χ1) is 18.1. The molecule has 1 unspecified atom stereocenters. The Morgan fingerprint density at radius 2 is 1.97 bits per heavy atom. The van der Waals surface area contributed by atoms with Crippen LogP contribution in [0, 0.1) is 0 Å². The standard InChI is InChI=1S/C25H29N7O6/c1-13(2)26-25(37)38-15-8-7-14(9-15)18-11-22(30-29-18)28-24(36)20-10-19(31-32(20)3)23(35)27-17-5-4-6-21(34)16(17)12-33/h4-6,10-15,34H,7-9H2,1-3H3,(H,26,37)(H,27,35)(H2,28,29,30,36)/t14?,15-/m1/s1. The molecule has 2 aromatic heterocycles. The molecule has 13 heteroatoms. The molecule has 2 atom stereocenters. The number of aryl methyl sites for hydroxylation is 1. The Kier molecular flexibility index (Phi) is 7.74. The molecule has 1 aliphatic carbocycles. The first kappa shape index (κ1) is 26.4. The van der Waals surface area contributed by atoms with Crippen LogP contribution < -0.4 is 16.0 Å². The Morgan fingerprint density at radius 1 is 1.18 bits per heavy atom. The van der Waals surface area contributed by atoms with Crippen molar-refractivity contribution < 1.29 is 29.0 Å². The van der Waals surface area contributed by atoms with Gasteiger partial charge in [-0.2, -0.15) is 10.2 Å². The van der Waals surface area contributed by atoms with Crippen LogP contribution in [0.3, 0.4) is 0 Å². The number of anilines is 2. The highest BCUT2D eigenvalue weighted by atomic mass is 16.6. The summed E-state index contributed by atoms with van der Waals surface area (Å²) in [5.74, 6) is -1.05. The van der Waals surface area contributed by atoms with Crippen molar-refractivity contribution in [1.29, 1.82) is 0 Å². The largest absolute Gasteiger partial charge is 0.507 e. The second-order valence-corrected chi connectivity index (χ2v) is 9.35. The number of aldehydes is 1. The number of alkyl carbamates (subject to hydrolysis) is 1. The SMILES string of the molecule is CC(C)NC(=O)O[C@@H]1CCC(c2cc(NC(=O)c3cc(C(=O)Nc4cccc(O)c4C=O)nn3C)n[nH]2)C1. The fourth-order valence-electron chi connectivity index (χ4n) is 4.30. The summed E-state index contributed by atoms with van der Waals surface area (Å²) < 4.78 is 6.72. The fourth-order valence-corrected chi connectivity index (χ4v) is 4.30. The number of carbonyl (C=O) groups is 4. The maximum atomic E-state index is 12.9. The van der Waals surface area contributed by atoms with Gasteiger partial charge in [-0.3, -0.25) is 24.2 Å². The van der Waals surface area contributed by atoms with Gasteiger partial charge >= 0.3 is 6.09 Å². The molecule has 1 aromatic carbocycles. The van der Waals surface area contributed by atoms with E-state index >= 15 is 0 Å². The van der Waals surface area contributed by atoms with E-state index in [1.807, 2.05) is 13.8 Å². The molecule has 3 aromatic rings. The van der Waals surface area contributed by atoms with E-state index < -0.39 is 17.9 Å². The minimum Gasteiger partial charge on any atom is -0.507 e. The summed E-state index contributed by atoms with van der Waals surface area (Å²) in [5.41, 5.74) is 0.919. The lowest BCUT2D eigenvalue weighted by molar-refractivity contribution is 0.0977. The molecular formula is C25H29N7O6. The molecule has 3 amide bonds. The van der Waals surface area contributed by atoms with Gasteiger partial charge in [0.2, 0.25) is 0 Å². The predicted octanol–water partition coefficient (Wildman–Crippen LogP) is 2.94. The summed E-state index contributed by atoms with van der Waals surface area (Å²) in [4.78, 5) is 48.6. The molecule has 4 rings (SSSR count). The van der Waals surface area contributed by atoms with E-state index in [9.17, 15) is 24.3 Å². The number of hydrogen-bond acceptors (Lipinski definition) is 8. The molecule has 1 fully saturated rings. The highest BCUT2D eigenvalue weighted by Crippen LogP contribution is 2.36. The van der Waals surface area contributed by atoms with Gasteiger partial charge in [-0.25, -0.2) is 4.79 Å². The Bertz CT molecular complexity index is 1360. The number of rotatable bonds is 8. The lowest BCUT2D eigenvalue weighted by Gasteiger charge is -2.14. The molecule has 5 N–H and O–H groups in total. The number of nitrogens with zero attached hydrogens (tertiary/aromatic N) is 3. The minimum atomic E-state index is -0.657. The molecule has 0 aliphatic heterocycles. The average Bonchev–Trinajstić information content (AvgIpc) is 3.58. The van der Waals surface area contributed by atoms with Crippen molar-refractivity contribution in [1.82, 2.24) is 25.3 Å². The summed E-state index contributed by atoms with van der Waals surface area (Å²) >= 11 is 0. The van der Waals surface area contributed by atoms with E-state index in [2.05, 4.69) is 31.2 Å². The molecular weight excluding hydrogens is 494 g/mol. The van der Waals surface area contributed by atoms with Gasteiger partial charge in [0.1, 0.15) is 17.5 Å². The monoisotopic (exact) mass is 523 g/mol. The second kappa shape index (κ2) is 11.2. The lowest BCUT2D eigenvalue weighted by Crippen LogP contribution is -2.33. The van der Waals surface area contributed by atoms with E-state index in [-0.39, 0.29) is 46.5 Å². The van der Waals surface area contributed by atoms with E-state index in [1.165, 1.54) is 36.0 Å². The zero-order chi connectivity index (χ0) is 27.4. The smallest absolute Gasteiger partial charge is 0.407 e. The number of benzene rings is 1. The Morgan fingerprint density at radius 3 is 2.71 bits per heavy atom. The molecule has 0 bridgehead atoms. The van der Waals surface area contributed by atoms with Crippen LogP contribution in [0.25, 0.3) is 0 Å². The van der Waals surface area contributed by atoms with Gasteiger partial charge in [-0.1, -0.05) is 6.07 Å². The van der Waals surface area contributed by atoms with Crippen LogP contribution in [0.2, 0.25) is 0 Å². The minimum absolute atomic E-state index is 0.00276. The maximum Gasteiger partial charge on any atom is 0.407 e. The molecule has 200 valence electrons. The number of H-pyrrole nitrogens is 1. The second-order valence-electron chi connectivity index (χ2n) is 9.35. The number of aromatic nitrogens is 4. The Hall–Kier alpha value is -4.68. The van der Waals surface area contributed by atoms with Crippen molar-refractivity contribution in [3.05, 3.63) is 53.0 Å². The topological polar surface area (TPSA) is 180 Å². The summed E-state index contributed by atoms with van der Waals surface area (Å²) in [5, 5.41) is 28.9. The van der Waals surface area contributed by atoms with Crippen molar-refractivity contribution in [3.63, 3.8) is 0 Å². The molecule has 1 aliphatic rings. The van der Waals surface area contributed by atoms with Crippen LogP contribution in [0.1, 0.15) is 76.1 Å². The van der Waals surface area contributed by atoms with Crippen molar-refractivity contribution in [2.75, 3.05) is 10.6 Å². The number of nitrogens with one attached hydrogen (secondary N) is 4. The molecule has 0 saturated heterocycles. The van der Waals surface area contributed by atoms with Crippen molar-refractivity contribution in [3.8, 4) is 5.75 Å². The molecule has 1 saturated carbocycles. The van der Waals surface area contributed by atoms with Crippen LogP contribution >= 0.6 is 0 Å². The van der Waals surface area contributed by atoms with Gasteiger partial charge in [-0.15, -0.1) is 0 Å². The normalized spacial score (nSPS) is 16.7. The first-order valence-corrected chi connectivity index (χ1v) is 12.1. The zero-order valence-electron chi connectivity index (χ0n) is 21.1. The predicted molar refractivity (Wildman–Crippen MR) is 136 cm³/mol. The van der Waals surface area contributed by atoms with Crippen molar-refractivity contribution in [2.45, 2.75) is 51.2 Å². The van der Waals surface area contributed by atoms with E-state index in [4.69, 9.17) is 4.74 Å². The van der Waals surface area contributed by atoms with Gasteiger partial charge in [-0.05, 0) is 45.2 Å². The van der Waals surface area contributed by atoms with Crippen LogP contribution in [-0.2, 0) is 11.8 Å². The van der Waals surface area contributed by atoms with Gasteiger partial charge in [0.15, 0.2) is 17.8 Å². The number of carbonyl (C=O) groups excluding carboxylic acids is 4. The molecule has 0 spiro atoms. The number of aromatic hydroxyl groups is 1. The molecule has 0 radical (unpaired) electrons. The van der Waals surface area contributed by atoms with E-state index in [0.29, 0.717) is 18.5 Å². The number of amides is 3. The molecule has 38 heavy (non-hydrogen) atoms. The van der Waals surface area contributed by atoms with Crippen molar-refractivity contribution in [2.24, 2.45) is 7.05 Å². The van der Waals surface area contributed by atoms with Crippen molar-refractivity contribution >= 4 is 35.7 Å². The summed E-state index contributed by atoms with van der Waals surface area (Å²) in [7, 11) is 1.51. The summed E-state index contributed by atoms with van der Waals surface area (Å²) in [6.45, 7) is 3.73. The van der Waals surface area contributed by atoms with Crippen LogP contribution in [0.15, 0.2) is 30.3 Å². The zero-order valence-corrected chi connectivity index (χ0v) is 21.1. The number of aromatic amines is 1. The van der Waals surface area contributed by atoms with Gasteiger partial charge in [0.25, 0.3) is 11.8 Å². The van der Waals surface area contributed by atoms with E-state index in [1.54, 1.807) is 6.07 Å². The van der Waals surface area contributed by atoms with Crippen LogP contribution in [-0.4, -0.2) is 61.4 Å². The average molecular weight is 524 g/mol. The lowest BCUT2D eigenvalue weighted by atomic mass is 10.0.